The highest BCUT2D eigenvalue weighted by molar-refractivity contribution is 7.85. The van der Waals surface area contributed by atoms with Crippen LogP contribution < -0.4 is 10.5 Å². The lowest BCUT2D eigenvalue weighted by Gasteiger charge is -2.08. The van der Waals surface area contributed by atoms with Crippen molar-refractivity contribution in [2.24, 2.45) is 0 Å². The molecule has 0 aliphatic carbocycles. The highest BCUT2D eigenvalue weighted by Gasteiger charge is 2.13. The van der Waals surface area contributed by atoms with Gasteiger partial charge in [0.1, 0.15) is 5.75 Å². The van der Waals surface area contributed by atoms with Crippen LogP contribution in [0.5, 0.6) is 5.75 Å². The van der Waals surface area contributed by atoms with Crippen molar-refractivity contribution in [2.45, 2.75) is 24.7 Å². The van der Waals surface area contributed by atoms with E-state index >= 15 is 0 Å². The Bertz CT molecular complexity index is 697. The summed E-state index contributed by atoms with van der Waals surface area (Å²) >= 11 is 0. The number of hydrogen-bond acceptors (Lipinski definition) is 3. The summed E-state index contributed by atoms with van der Waals surface area (Å²) in [6.07, 6.45) is 1.77. The van der Waals surface area contributed by atoms with Crippen molar-refractivity contribution in [3.63, 3.8) is 0 Å². The van der Waals surface area contributed by atoms with E-state index in [9.17, 15) is 4.21 Å². The second-order valence-electron chi connectivity index (χ2n) is 5.37. The first-order chi connectivity index (χ1) is 10.1. The minimum absolute atomic E-state index is 0.615. The fourth-order valence-corrected chi connectivity index (χ4v) is 3.91. The summed E-state index contributed by atoms with van der Waals surface area (Å²) in [5.74, 6) is 1.61. The van der Waals surface area contributed by atoms with Crippen molar-refractivity contribution in [3.05, 3.63) is 53.1 Å². The smallest absolute Gasteiger partial charge is 0.122 e. The fraction of sp³-hybridized carbons (Fsp3) is 0.294. The predicted octanol–water partition coefficient (Wildman–Crippen LogP) is 2.86. The van der Waals surface area contributed by atoms with E-state index in [1.807, 2.05) is 31.2 Å². The molecule has 0 radical (unpaired) electrons. The maximum Gasteiger partial charge on any atom is 0.122 e. The van der Waals surface area contributed by atoms with Crippen LogP contribution in [0.15, 0.2) is 41.3 Å². The first-order valence-electron chi connectivity index (χ1n) is 7.12. The number of ether oxygens (including phenoxy) is 1. The molecule has 2 aromatic carbocycles. The number of aryl methyl sites for hydroxylation is 2. The minimum Gasteiger partial charge on any atom is -0.493 e. The molecule has 3 rings (SSSR count). The number of nitrogens with two attached hydrogens (primary N) is 1. The van der Waals surface area contributed by atoms with E-state index in [-0.39, 0.29) is 0 Å². The van der Waals surface area contributed by atoms with Gasteiger partial charge in [-0.25, -0.2) is 0 Å². The molecule has 1 heterocycles. The summed E-state index contributed by atoms with van der Waals surface area (Å²) in [7, 11) is -1.02. The number of hydrogen-bond donors (Lipinski definition) is 1. The molecule has 3 nitrogen and oxygen atoms in total. The van der Waals surface area contributed by atoms with Crippen molar-refractivity contribution in [2.75, 3.05) is 18.1 Å². The predicted molar refractivity (Wildman–Crippen MR) is 86.2 cm³/mol. The van der Waals surface area contributed by atoms with Gasteiger partial charge >= 0.3 is 0 Å². The van der Waals surface area contributed by atoms with Crippen molar-refractivity contribution < 1.29 is 8.95 Å². The summed E-state index contributed by atoms with van der Waals surface area (Å²) in [4.78, 5) is 0.847. The second kappa shape index (κ2) is 5.90. The first kappa shape index (κ1) is 14.1. The number of rotatable bonds is 4. The molecular formula is C17H19NO2S. The van der Waals surface area contributed by atoms with Gasteiger partial charge in [0.2, 0.25) is 0 Å². The molecule has 1 unspecified atom stereocenters. The molecule has 1 aliphatic heterocycles. The van der Waals surface area contributed by atoms with Gasteiger partial charge in [0.25, 0.3) is 0 Å². The summed E-state index contributed by atoms with van der Waals surface area (Å²) in [5.41, 5.74) is 9.96. The van der Waals surface area contributed by atoms with E-state index in [4.69, 9.17) is 10.5 Å². The van der Waals surface area contributed by atoms with Crippen LogP contribution in [0.4, 0.5) is 5.69 Å². The number of fused-ring (bicyclic) bond motifs is 1. The monoisotopic (exact) mass is 301 g/mol. The van der Waals surface area contributed by atoms with Gasteiger partial charge in [0.05, 0.1) is 17.4 Å². The van der Waals surface area contributed by atoms with Gasteiger partial charge in [-0.15, -0.1) is 0 Å². The molecule has 0 bridgehead atoms. The summed E-state index contributed by atoms with van der Waals surface area (Å²) < 4.78 is 18.0. The van der Waals surface area contributed by atoms with E-state index in [1.165, 1.54) is 11.1 Å². The molecule has 0 saturated carbocycles. The molecule has 4 heteroatoms. The quantitative estimate of drug-likeness (QED) is 0.884. The Morgan fingerprint density at radius 2 is 2.10 bits per heavy atom. The van der Waals surface area contributed by atoms with E-state index in [0.29, 0.717) is 11.4 Å². The van der Waals surface area contributed by atoms with E-state index in [0.717, 1.165) is 35.7 Å². The van der Waals surface area contributed by atoms with Crippen LogP contribution in [0, 0.1) is 6.92 Å². The van der Waals surface area contributed by atoms with Crippen LogP contribution in [0.25, 0.3) is 0 Å². The third-order valence-electron chi connectivity index (χ3n) is 3.79. The van der Waals surface area contributed by atoms with Crippen molar-refractivity contribution >= 4 is 16.5 Å². The summed E-state index contributed by atoms with van der Waals surface area (Å²) in [5, 5.41) is 0. The first-order valence-corrected chi connectivity index (χ1v) is 8.44. The molecule has 0 aromatic heterocycles. The van der Waals surface area contributed by atoms with Crippen LogP contribution in [0.3, 0.4) is 0 Å². The Balaban J connectivity index is 1.70. The van der Waals surface area contributed by atoms with E-state index in [1.54, 1.807) is 0 Å². The lowest BCUT2D eigenvalue weighted by Crippen LogP contribution is -2.04. The van der Waals surface area contributed by atoms with Gasteiger partial charge in [0.15, 0.2) is 0 Å². The molecule has 0 amide bonds. The number of benzene rings is 2. The van der Waals surface area contributed by atoms with Crippen LogP contribution in [-0.2, 0) is 23.6 Å². The molecule has 2 aromatic rings. The Labute approximate surface area is 127 Å². The van der Waals surface area contributed by atoms with Gasteiger partial charge in [-0.2, -0.15) is 0 Å². The minimum atomic E-state index is -1.02. The molecule has 21 heavy (non-hydrogen) atoms. The zero-order chi connectivity index (χ0) is 14.8. The van der Waals surface area contributed by atoms with E-state index in [2.05, 4.69) is 12.1 Å². The molecule has 0 spiro atoms. The van der Waals surface area contributed by atoms with Crippen LogP contribution in [-0.4, -0.2) is 16.6 Å². The third kappa shape index (κ3) is 3.10. The molecule has 110 valence electrons. The van der Waals surface area contributed by atoms with E-state index < -0.39 is 10.8 Å². The Morgan fingerprint density at radius 1 is 1.24 bits per heavy atom. The van der Waals surface area contributed by atoms with Gasteiger partial charge in [-0.3, -0.25) is 4.21 Å². The van der Waals surface area contributed by atoms with Crippen LogP contribution >= 0.6 is 0 Å². The molecule has 2 N–H and O–H groups in total. The van der Waals surface area contributed by atoms with Gasteiger partial charge in [-0.05, 0) is 48.2 Å². The van der Waals surface area contributed by atoms with Gasteiger partial charge in [-0.1, -0.05) is 18.2 Å². The summed E-state index contributed by atoms with van der Waals surface area (Å²) in [6.45, 7) is 2.74. The van der Waals surface area contributed by atoms with Crippen molar-refractivity contribution in [1.29, 1.82) is 0 Å². The second-order valence-corrected chi connectivity index (χ2v) is 6.90. The normalized spacial score (nSPS) is 14.5. The maximum absolute atomic E-state index is 12.5. The average molecular weight is 301 g/mol. The number of anilines is 1. The zero-order valence-corrected chi connectivity index (χ0v) is 12.9. The van der Waals surface area contributed by atoms with Crippen molar-refractivity contribution in [3.8, 4) is 5.75 Å². The fourth-order valence-electron chi connectivity index (χ4n) is 2.58. The maximum atomic E-state index is 12.5. The van der Waals surface area contributed by atoms with Crippen LogP contribution in [0.2, 0.25) is 0 Å². The average Bonchev–Trinajstić information content (AvgIpc) is 2.94. The molecular weight excluding hydrogens is 282 g/mol. The standard InChI is InChI=1S/C17H19NO2S/c1-12-2-4-15(18)11-17(12)21(19)9-7-13-3-5-16-14(10-13)6-8-20-16/h2-5,10-11H,6-9,18H2,1H3. The molecule has 0 saturated heterocycles. The zero-order valence-electron chi connectivity index (χ0n) is 12.1. The molecule has 1 aliphatic rings. The van der Waals surface area contributed by atoms with Crippen molar-refractivity contribution in [1.82, 2.24) is 0 Å². The van der Waals surface area contributed by atoms with Gasteiger partial charge in [0, 0.05) is 22.8 Å². The Hall–Kier alpha value is -1.81. The lowest BCUT2D eigenvalue weighted by atomic mass is 10.1. The largest absolute Gasteiger partial charge is 0.493 e. The van der Waals surface area contributed by atoms with Crippen LogP contribution in [0.1, 0.15) is 16.7 Å². The summed E-state index contributed by atoms with van der Waals surface area (Å²) in [6, 6.07) is 11.8. The highest BCUT2D eigenvalue weighted by atomic mass is 32.2. The topological polar surface area (TPSA) is 52.3 Å². The third-order valence-corrected chi connectivity index (χ3v) is 5.29. The SMILES string of the molecule is Cc1ccc(N)cc1S(=O)CCc1ccc2c(c1)CCO2. The molecule has 1 atom stereocenters. The highest BCUT2D eigenvalue weighted by Crippen LogP contribution is 2.26. The number of nitrogen functional groups attached to an aromatic ring is 1. The Kier molecular flexibility index (Phi) is 3.97. The molecule has 0 fully saturated rings. The lowest BCUT2D eigenvalue weighted by molar-refractivity contribution is 0.357. The Morgan fingerprint density at radius 3 is 2.95 bits per heavy atom. The van der Waals surface area contributed by atoms with Gasteiger partial charge < -0.3 is 10.5 Å².